The Hall–Kier alpha value is -2.76. The third kappa shape index (κ3) is 4.67. The Kier molecular flexibility index (Phi) is 7.14. The van der Waals surface area contributed by atoms with E-state index in [9.17, 15) is 14.0 Å². The van der Waals surface area contributed by atoms with Gasteiger partial charge in [0, 0.05) is 30.3 Å². The average molecular weight is 608 g/mol. The maximum absolute atomic E-state index is 16.0. The number of hydrogen-bond donors (Lipinski definition) is 1. The number of methoxy groups -OCH3 is 1. The van der Waals surface area contributed by atoms with Gasteiger partial charge in [-0.1, -0.05) is 0 Å². The highest BCUT2D eigenvalue weighted by molar-refractivity contribution is 14.1. The normalized spacial score (nSPS) is 22.1. The van der Waals surface area contributed by atoms with E-state index in [-0.39, 0.29) is 44.6 Å². The summed E-state index contributed by atoms with van der Waals surface area (Å²) in [7, 11) is 1.53. The van der Waals surface area contributed by atoms with Crippen molar-refractivity contribution in [3.8, 4) is 5.75 Å². The maximum atomic E-state index is 16.0. The Labute approximate surface area is 221 Å². The third-order valence-electron chi connectivity index (χ3n) is 7.34. The van der Waals surface area contributed by atoms with Crippen molar-refractivity contribution in [2.24, 2.45) is 5.92 Å². The Bertz CT molecular complexity index is 1310. The van der Waals surface area contributed by atoms with Crippen LogP contribution in [-0.4, -0.2) is 39.0 Å². The molecule has 0 radical (unpaired) electrons. The lowest BCUT2D eigenvalue weighted by molar-refractivity contribution is -0.113. The monoisotopic (exact) mass is 608 g/mol. The Balaban J connectivity index is 1.43. The highest BCUT2D eigenvalue weighted by atomic mass is 127. The Morgan fingerprint density at radius 2 is 1.92 bits per heavy atom. The van der Waals surface area contributed by atoms with E-state index in [2.05, 4.69) is 10.4 Å². The number of benzene rings is 1. The fourth-order valence-corrected chi connectivity index (χ4v) is 6.11. The van der Waals surface area contributed by atoms with Crippen LogP contribution < -0.4 is 15.0 Å². The molecule has 0 bridgehead atoms. The molecule has 1 aliphatic heterocycles. The minimum absolute atomic E-state index is 0.0425. The molecule has 1 aliphatic carbocycles. The predicted molar refractivity (Wildman–Crippen MR) is 140 cm³/mol. The first-order valence-corrected chi connectivity index (χ1v) is 13.2. The van der Waals surface area contributed by atoms with E-state index in [1.54, 1.807) is 18.3 Å². The van der Waals surface area contributed by atoms with Gasteiger partial charge in [0.15, 0.2) is 9.61 Å². The van der Waals surface area contributed by atoms with Crippen LogP contribution in [0.4, 0.5) is 14.5 Å². The summed E-state index contributed by atoms with van der Waals surface area (Å²) in [5.74, 6) is -0.698. The van der Waals surface area contributed by atoms with Crippen molar-refractivity contribution in [2.75, 3.05) is 18.6 Å². The summed E-state index contributed by atoms with van der Waals surface area (Å²) in [5.41, 5.74) is 1.28. The smallest absolute Gasteiger partial charge is 0.255 e. The van der Waals surface area contributed by atoms with E-state index >= 15 is 4.39 Å². The van der Waals surface area contributed by atoms with Crippen molar-refractivity contribution in [3.05, 3.63) is 59.4 Å². The number of fused-ring (bicyclic) bond motifs is 1. The molecule has 2 aromatic heterocycles. The van der Waals surface area contributed by atoms with Gasteiger partial charge >= 0.3 is 0 Å². The van der Waals surface area contributed by atoms with Crippen LogP contribution in [0.3, 0.4) is 0 Å². The Morgan fingerprint density at radius 3 is 2.64 bits per heavy atom. The zero-order chi connectivity index (χ0) is 25.4. The second-order valence-corrected chi connectivity index (χ2v) is 10.5. The molecule has 2 aliphatic rings. The Morgan fingerprint density at radius 1 is 1.14 bits per heavy atom. The fraction of sp³-hybridized carbons (Fsp3) is 0.423. The highest BCUT2D eigenvalue weighted by Crippen LogP contribution is 2.41. The van der Waals surface area contributed by atoms with Crippen LogP contribution in [0.15, 0.2) is 36.7 Å². The van der Waals surface area contributed by atoms with Crippen molar-refractivity contribution in [3.63, 3.8) is 0 Å². The number of halogens is 3. The van der Waals surface area contributed by atoms with E-state index in [1.807, 2.05) is 27.5 Å². The molecule has 1 amide bonds. The SMILES string of the molecule is COc1ccc(F)cc1[C@H]1CCCN1c1ccn2ncc(C(=O)NC3CCC(C(=O)I)CC3)c2c1F. The van der Waals surface area contributed by atoms with Crippen molar-refractivity contribution in [1.29, 1.82) is 0 Å². The second-order valence-electron chi connectivity index (χ2n) is 9.43. The lowest BCUT2D eigenvalue weighted by Gasteiger charge is -2.29. The molecular weight excluding hydrogens is 581 g/mol. The predicted octanol–water partition coefficient (Wildman–Crippen LogP) is 5.21. The zero-order valence-electron chi connectivity index (χ0n) is 19.8. The number of amides is 1. The molecule has 3 aromatic rings. The number of nitrogens with zero attached hydrogens (tertiary/aromatic N) is 3. The zero-order valence-corrected chi connectivity index (χ0v) is 22.0. The number of carbonyl (C=O) groups excluding carboxylic acids is 2. The summed E-state index contributed by atoms with van der Waals surface area (Å²) in [4.78, 5) is 26.7. The largest absolute Gasteiger partial charge is 0.496 e. The van der Waals surface area contributed by atoms with Gasteiger partial charge in [0.2, 0.25) is 0 Å². The van der Waals surface area contributed by atoms with Crippen LogP contribution in [0.5, 0.6) is 5.75 Å². The molecule has 1 aromatic carbocycles. The number of nitrogens with one attached hydrogen (secondary N) is 1. The third-order valence-corrected chi connectivity index (χ3v) is 8.22. The standard InChI is InChI=1S/C26H27F2IN4O3/c1-36-22-9-6-16(27)13-18(22)20-3-2-11-32(20)21-10-12-33-24(23(21)28)19(14-30-33)26(35)31-17-7-4-15(5-8-17)25(29)34/h6,9-10,12-15,17,20H,2-5,7-8,11H2,1H3,(H,31,35)/t15?,17?,20-/m1/s1. The number of pyridine rings is 1. The van der Waals surface area contributed by atoms with Gasteiger partial charge in [0.1, 0.15) is 17.1 Å². The van der Waals surface area contributed by atoms with Gasteiger partial charge in [-0.3, -0.25) is 9.59 Å². The van der Waals surface area contributed by atoms with Crippen LogP contribution in [0.2, 0.25) is 0 Å². The van der Waals surface area contributed by atoms with Gasteiger partial charge in [-0.05, 0) is 85.4 Å². The summed E-state index contributed by atoms with van der Waals surface area (Å²) in [6, 6.07) is 5.69. The number of carbonyl (C=O) groups is 2. The van der Waals surface area contributed by atoms with Crippen molar-refractivity contribution in [2.45, 2.75) is 50.6 Å². The van der Waals surface area contributed by atoms with Gasteiger partial charge < -0.3 is 15.0 Å². The molecular formula is C26H27F2IN4O3. The van der Waals surface area contributed by atoms with E-state index in [0.717, 1.165) is 25.7 Å². The molecule has 7 nitrogen and oxygen atoms in total. The van der Waals surface area contributed by atoms with Gasteiger partial charge in [0.05, 0.1) is 30.6 Å². The topological polar surface area (TPSA) is 75.9 Å². The van der Waals surface area contributed by atoms with E-state index in [4.69, 9.17) is 4.74 Å². The number of ether oxygens (including phenoxy) is 1. The molecule has 3 heterocycles. The van der Waals surface area contributed by atoms with Gasteiger partial charge in [-0.2, -0.15) is 5.10 Å². The van der Waals surface area contributed by atoms with Crippen LogP contribution in [0, 0.1) is 17.6 Å². The first kappa shape index (κ1) is 24.9. The molecule has 1 saturated carbocycles. The first-order chi connectivity index (χ1) is 17.4. The minimum atomic E-state index is -0.540. The summed E-state index contributed by atoms with van der Waals surface area (Å²) >= 11 is 1.84. The van der Waals surface area contributed by atoms with Crippen LogP contribution in [-0.2, 0) is 4.79 Å². The summed E-state index contributed by atoms with van der Waals surface area (Å²) in [5, 5.41) is 7.20. The fourth-order valence-electron chi connectivity index (χ4n) is 5.49. The van der Waals surface area contributed by atoms with Gasteiger partial charge in [-0.15, -0.1) is 0 Å². The number of rotatable bonds is 6. The van der Waals surface area contributed by atoms with E-state index in [0.29, 0.717) is 36.4 Å². The van der Waals surface area contributed by atoms with Gasteiger partial charge in [0.25, 0.3) is 5.91 Å². The lowest BCUT2D eigenvalue weighted by atomic mass is 9.87. The van der Waals surface area contributed by atoms with Crippen molar-refractivity contribution >= 4 is 43.5 Å². The van der Waals surface area contributed by atoms with Crippen molar-refractivity contribution in [1.82, 2.24) is 14.9 Å². The highest BCUT2D eigenvalue weighted by Gasteiger charge is 2.32. The molecule has 190 valence electrons. The summed E-state index contributed by atoms with van der Waals surface area (Å²) < 4.78 is 37.1. The molecule has 10 heteroatoms. The molecule has 1 N–H and O–H groups in total. The van der Waals surface area contributed by atoms with E-state index < -0.39 is 5.82 Å². The maximum Gasteiger partial charge on any atom is 0.255 e. The first-order valence-electron chi connectivity index (χ1n) is 12.1. The summed E-state index contributed by atoms with van der Waals surface area (Å²) in [6.07, 6.45) is 7.45. The van der Waals surface area contributed by atoms with Crippen molar-refractivity contribution < 1.29 is 23.1 Å². The summed E-state index contributed by atoms with van der Waals surface area (Å²) in [6.45, 7) is 0.589. The van der Waals surface area contributed by atoms with Gasteiger partial charge in [-0.25, -0.2) is 13.3 Å². The molecule has 0 unspecified atom stereocenters. The second kappa shape index (κ2) is 10.3. The van der Waals surface area contributed by atoms with Crippen LogP contribution in [0.25, 0.3) is 5.52 Å². The minimum Gasteiger partial charge on any atom is -0.496 e. The molecule has 0 spiro atoms. The van der Waals surface area contributed by atoms with Crippen LogP contribution >= 0.6 is 22.6 Å². The molecule has 36 heavy (non-hydrogen) atoms. The average Bonchev–Trinajstić information content (AvgIpc) is 3.52. The number of aromatic nitrogens is 2. The lowest BCUT2D eigenvalue weighted by Crippen LogP contribution is -2.38. The van der Waals surface area contributed by atoms with E-state index in [1.165, 1.54) is 30.0 Å². The molecule has 5 rings (SSSR count). The van der Waals surface area contributed by atoms with Crippen LogP contribution in [0.1, 0.15) is 60.5 Å². The number of anilines is 1. The molecule has 1 atom stereocenters. The molecule has 1 saturated heterocycles. The quantitative estimate of drug-likeness (QED) is 0.307. The molecule has 2 fully saturated rings. The number of hydrogen-bond acceptors (Lipinski definition) is 5.